The van der Waals surface area contributed by atoms with Crippen LogP contribution in [-0.4, -0.2) is 47.1 Å². The fraction of sp³-hybridized carbons (Fsp3) is 0.333. The number of likely N-dealkylation sites (N-methyl/N-ethyl adjacent to an activating group) is 1. The molecule has 0 radical (unpaired) electrons. The van der Waals surface area contributed by atoms with Gasteiger partial charge < -0.3 is 15.3 Å². The van der Waals surface area contributed by atoms with Crippen LogP contribution in [0.1, 0.15) is 16.7 Å². The van der Waals surface area contributed by atoms with Gasteiger partial charge in [0.25, 0.3) is 11.8 Å². The number of aliphatic hydroxyl groups is 1. The van der Waals surface area contributed by atoms with Crippen LogP contribution in [0.25, 0.3) is 0 Å². The number of nitrogens with zero attached hydrogens (tertiary/aromatic N) is 2. The molecule has 2 aromatic rings. The van der Waals surface area contributed by atoms with Gasteiger partial charge in [0, 0.05) is 24.1 Å². The third kappa shape index (κ3) is 4.89. The average Bonchev–Trinajstić information content (AvgIpc) is 3.17. The Balaban J connectivity index is 1.59. The number of aliphatic hydroxyl groups excluding tert-OH is 1. The van der Waals surface area contributed by atoms with Gasteiger partial charge in [0.2, 0.25) is 6.04 Å². The number of nitrogens with one attached hydrogen (secondary N) is 1. The van der Waals surface area contributed by atoms with Crippen LogP contribution in [0.5, 0.6) is 0 Å². The molecule has 2 unspecified atom stereocenters. The molecule has 7 nitrogen and oxygen atoms in total. The average molecular weight is 460 g/mol. The maximum atomic E-state index is 12.7. The Morgan fingerprint density at radius 2 is 1.76 bits per heavy atom. The predicted octanol–water partition coefficient (Wildman–Crippen LogP) is 2.19. The van der Waals surface area contributed by atoms with Crippen LogP contribution in [0, 0.1) is 4.91 Å². The number of nitroso groups, excluding NO2 is 1. The lowest BCUT2D eigenvalue weighted by Crippen LogP contribution is -2.51. The van der Waals surface area contributed by atoms with Crippen molar-refractivity contribution in [1.29, 1.82) is 0 Å². The largest absolute Gasteiger partial charge is 0.380 e. The van der Waals surface area contributed by atoms with Gasteiger partial charge in [-0.25, -0.2) is 0 Å². The molecule has 29 heavy (non-hydrogen) atoms. The summed E-state index contributed by atoms with van der Waals surface area (Å²) < 4.78 is 0.901. The number of hydrogen-bond acceptors (Lipinski definition) is 5. The lowest BCUT2D eigenvalue weighted by Gasteiger charge is -2.27. The second kappa shape index (κ2) is 9.28. The molecule has 0 aromatic heterocycles. The fourth-order valence-corrected chi connectivity index (χ4v) is 3.74. The predicted molar refractivity (Wildman–Crippen MR) is 112 cm³/mol. The monoisotopic (exact) mass is 459 g/mol. The van der Waals surface area contributed by atoms with Gasteiger partial charge in [0.15, 0.2) is 6.10 Å². The summed E-state index contributed by atoms with van der Waals surface area (Å²) in [4.78, 5) is 37.7. The normalized spacial score (nSPS) is 15.3. The molecule has 1 aliphatic carbocycles. The van der Waals surface area contributed by atoms with Crippen LogP contribution in [0.3, 0.4) is 0 Å². The van der Waals surface area contributed by atoms with Gasteiger partial charge in [0.1, 0.15) is 0 Å². The highest BCUT2D eigenvalue weighted by Gasteiger charge is 2.38. The van der Waals surface area contributed by atoms with Crippen LogP contribution in [-0.2, 0) is 29.0 Å². The first-order valence-electron chi connectivity index (χ1n) is 9.27. The Morgan fingerprint density at radius 1 is 1.17 bits per heavy atom. The third-order valence-electron chi connectivity index (χ3n) is 5.24. The van der Waals surface area contributed by atoms with Crippen molar-refractivity contribution in [3.63, 3.8) is 0 Å². The van der Waals surface area contributed by atoms with Gasteiger partial charge in [-0.1, -0.05) is 57.5 Å². The van der Waals surface area contributed by atoms with E-state index in [0.717, 1.165) is 21.2 Å². The lowest BCUT2D eigenvalue weighted by molar-refractivity contribution is -0.145. The van der Waals surface area contributed by atoms with Crippen molar-refractivity contribution in [2.75, 3.05) is 7.05 Å². The Hall–Kier alpha value is -2.58. The molecule has 8 heteroatoms. The van der Waals surface area contributed by atoms with E-state index in [1.807, 2.05) is 36.4 Å². The number of carbonyl (C=O) groups excluding carboxylic acids is 2. The van der Waals surface area contributed by atoms with Crippen LogP contribution in [0.2, 0.25) is 0 Å². The Morgan fingerprint density at radius 3 is 2.31 bits per heavy atom. The highest BCUT2D eigenvalue weighted by atomic mass is 79.9. The summed E-state index contributed by atoms with van der Waals surface area (Å²) in [5, 5.41) is 15.6. The standard InChI is InChI=1S/C21H22BrN3O4/c1-25(17-10-14-4-2-3-5-15(14)11-17)21(28)19(26)18(24-29)20(27)23-12-13-6-8-16(22)9-7-13/h2-9,17-19,26H,10-12H2,1H3,(H,23,27). The second-order valence-electron chi connectivity index (χ2n) is 7.12. The molecule has 152 valence electrons. The summed E-state index contributed by atoms with van der Waals surface area (Å²) in [6, 6.07) is 13.3. The van der Waals surface area contributed by atoms with Crippen LogP contribution < -0.4 is 5.32 Å². The molecular weight excluding hydrogens is 438 g/mol. The van der Waals surface area contributed by atoms with E-state index in [9.17, 15) is 19.6 Å². The number of rotatable bonds is 7. The molecule has 2 aromatic carbocycles. The summed E-state index contributed by atoms with van der Waals surface area (Å²) in [6.45, 7) is 0.160. The van der Waals surface area contributed by atoms with E-state index in [-0.39, 0.29) is 12.6 Å². The van der Waals surface area contributed by atoms with E-state index in [1.165, 1.54) is 4.90 Å². The summed E-state index contributed by atoms with van der Waals surface area (Å²) in [7, 11) is 1.57. The van der Waals surface area contributed by atoms with Crippen molar-refractivity contribution in [2.45, 2.75) is 37.6 Å². The van der Waals surface area contributed by atoms with Crippen LogP contribution >= 0.6 is 15.9 Å². The summed E-state index contributed by atoms with van der Waals surface area (Å²) in [5.74, 6) is -1.47. The first-order valence-corrected chi connectivity index (χ1v) is 10.1. The molecule has 0 saturated carbocycles. The van der Waals surface area contributed by atoms with Gasteiger partial charge in [0.05, 0.1) is 0 Å². The quantitative estimate of drug-likeness (QED) is 0.619. The van der Waals surface area contributed by atoms with E-state index in [1.54, 1.807) is 19.2 Å². The summed E-state index contributed by atoms with van der Waals surface area (Å²) in [6.07, 6.45) is -0.494. The van der Waals surface area contributed by atoms with Gasteiger partial charge in [-0.2, -0.15) is 0 Å². The van der Waals surface area contributed by atoms with Crippen molar-refractivity contribution in [1.82, 2.24) is 10.2 Å². The minimum absolute atomic E-state index is 0.132. The molecule has 0 saturated heterocycles. The van der Waals surface area contributed by atoms with E-state index in [4.69, 9.17) is 0 Å². The topological polar surface area (TPSA) is 99.1 Å². The van der Waals surface area contributed by atoms with Crippen LogP contribution in [0.15, 0.2) is 58.2 Å². The number of carbonyl (C=O) groups is 2. The molecule has 0 fully saturated rings. The molecule has 0 aliphatic heterocycles. The zero-order valence-electron chi connectivity index (χ0n) is 15.9. The number of fused-ring (bicyclic) bond motifs is 1. The van der Waals surface area contributed by atoms with E-state index in [2.05, 4.69) is 26.4 Å². The first-order chi connectivity index (χ1) is 13.9. The molecule has 0 heterocycles. The lowest BCUT2D eigenvalue weighted by atomic mass is 10.1. The van der Waals surface area contributed by atoms with Gasteiger partial charge >= 0.3 is 0 Å². The van der Waals surface area contributed by atoms with Gasteiger partial charge in [-0.15, -0.1) is 4.91 Å². The SMILES string of the molecule is CN(C(=O)C(O)C(N=O)C(=O)NCc1ccc(Br)cc1)C1Cc2ccccc2C1. The van der Waals surface area contributed by atoms with Crippen molar-refractivity contribution >= 4 is 27.7 Å². The Bertz CT molecular complexity index is 878. The maximum Gasteiger partial charge on any atom is 0.254 e. The third-order valence-corrected chi connectivity index (χ3v) is 5.77. The van der Waals surface area contributed by atoms with Gasteiger partial charge in [-0.05, 0) is 41.7 Å². The minimum Gasteiger partial charge on any atom is -0.380 e. The fourth-order valence-electron chi connectivity index (χ4n) is 3.48. The molecule has 0 spiro atoms. The zero-order valence-corrected chi connectivity index (χ0v) is 17.5. The minimum atomic E-state index is -1.83. The smallest absolute Gasteiger partial charge is 0.254 e. The summed E-state index contributed by atoms with van der Waals surface area (Å²) >= 11 is 3.33. The zero-order chi connectivity index (χ0) is 21.0. The Kier molecular flexibility index (Phi) is 6.76. The second-order valence-corrected chi connectivity index (χ2v) is 8.03. The molecule has 2 atom stereocenters. The van der Waals surface area contributed by atoms with E-state index >= 15 is 0 Å². The Labute approximate surface area is 177 Å². The number of halogens is 1. The highest BCUT2D eigenvalue weighted by molar-refractivity contribution is 9.10. The molecule has 3 rings (SSSR count). The molecule has 1 aliphatic rings. The number of benzene rings is 2. The molecule has 0 bridgehead atoms. The van der Waals surface area contributed by atoms with Crippen LogP contribution in [0.4, 0.5) is 0 Å². The van der Waals surface area contributed by atoms with E-state index in [0.29, 0.717) is 12.8 Å². The maximum absolute atomic E-state index is 12.7. The van der Waals surface area contributed by atoms with Crippen molar-refractivity contribution in [3.8, 4) is 0 Å². The molecule has 2 amide bonds. The summed E-state index contributed by atoms with van der Waals surface area (Å²) in [5.41, 5.74) is 3.13. The van der Waals surface area contributed by atoms with Gasteiger partial charge in [-0.3, -0.25) is 9.59 Å². The first kappa shape index (κ1) is 21.1. The molecule has 2 N–H and O–H groups in total. The molecular formula is C21H22BrN3O4. The van der Waals surface area contributed by atoms with E-state index < -0.39 is 24.0 Å². The van der Waals surface area contributed by atoms with Crippen molar-refractivity contribution < 1.29 is 14.7 Å². The number of amides is 2. The van der Waals surface area contributed by atoms with Crippen molar-refractivity contribution in [3.05, 3.63) is 74.6 Å². The highest BCUT2D eigenvalue weighted by Crippen LogP contribution is 2.25. The number of hydrogen-bond donors (Lipinski definition) is 2. The van der Waals surface area contributed by atoms with Crippen molar-refractivity contribution in [2.24, 2.45) is 5.18 Å².